The van der Waals surface area contributed by atoms with E-state index in [9.17, 15) is 4.79 Å². The Balaban J connectivity index is 1.71. The molecule has 150 valence electrons. The van der Waals surface area contributed by atoms with Crippen LogP contribution in [-0.4, -0.2) is 25.1 Å². The summed E-state index contributed by atoms with van der Waals surface area (Å²) in [7, 11) is 3.11. The number of methoxy groups -OCH3 is 2. The molecule has 1 aromatic heterocycles. The maximum atomic E-state index is 13.0. The van der Waals surface area contributed by atoms with E-state index in [1.165, 1.54) is 11.3 Å². The molecular formula is C24H20N2O3S. The van der Waals surface area contributed by atoms with Crippen LogP contribution in [0.2, 0.25) is 0 Å². The number of ether oxygens (including phenoxy) is 2. The largest absolute Gasteiger partial charge is 0.493 e. The minimum Gasteiger partial charge on any atom is -0.493 e. The Morgan fingerprint density at radius 3 is 2.10 bits per heavy atom. The van der Waals surface area contributed by atoms with Crippen LogP contribution < -0.4 is 14.8 Å². The zero-order valence-electron chi connectivity index (χ0n) is 16.6. The molecular weight excluding hydrogens is 396 g/mol. The first-order chi connectivity index (χ1) is 14.7. The summed E-state index contributed by atoms with van der Waals surface area (Å²) in [6.07, 6.45) is 0. The number of amides is 1. The van der Waals surface area contributed by atoms with Gasteiger partial charge >= 0.3 is 0 Å². The second-order valence-electron chi connectivity index (χ2n) is 6.45. The number of hydrogen-bond acceptors (Lipinski definition) is 5. The van der Waals surface area contributed by atoms with Gasteiger partial charge in [0.25, 0.3) is 5.91 Å². The Morgan fingerprint density at radius 1 is 0.833 bits per heavy atom. The molecule has 0 aliphatic carbocycles. The molecule has 1 N–H and O–H groups in total. The predicted octanol–water partition coefficient (Wildman–Crippen LogP) is 5.75. The van der Waals surface area contributed by atoms with Crippen molar-refractivity contribution in [1.82, 2.24) is 4.98 Å². The fourth-order valence-electron chi connectivity index (χ4n) is 3.05. The van der Waals surface area contributed by atoms with Crippen LogP contribution >= 0.6 is 11.3 Å². The van der Waals surface area contributed by atoms with Gasteiger partial charge in [-0.15, -0.1) is 0 Å². The van der Waals surface area contributed by atoms with Crippen LogP contribution in [0.1, 0.15) is 10.4 Å². The summed E-state index contributed by atoms with van der Waals surface area (Å²) in [5, 5.41) is 4.56. The molecule has 0 spiro atoms. The predicted molar refractivity (Wildman–Crippen MR) is 120 cm³/mol. The van der Waals surface area contributed by atoms with Gasteiger partial charge in [0.05, 0.1) is 14.2 Å². The summed E-state index contributed by atoms with van der Waals surface area (Å²) < 4.78 is 10.6. The molecule has 0 bridgehead atoms. The fraction of sp³-hybridized carbons (Fsp3) is 0.0833. The minimum absolute atomic E-state index is 0.239. The molecule has 5 nitrogen and oxygen atoms in total. The van der Waals surface area contributed by atoms with Crippen LogP contribution in [0, 0.1) is 0 Å². The molecule has 1 amide bonds. The maximum absolute atomic E-state index is 13.0. The van der Waals surface area contributed by atoms with E-state index in [0.29, 0.717) is 22.1 Å². The molecule has 0 aliphatic rings. The lowest BCUT2D eigenvalue weighted by molar-refractivity contribution is 0.102. The Kier molecular flexibility index (Phi) is 5.77. The zero-order chi connectivity index (χ0) is 20.9. The van der Waals surface area contributed by atoms with Crippen molar-refractivity contribution >= 4 is 22.2 Å². The molecule has 0 fully saturated rings. The number of thiazole rings is 1. The van der Waals surface area contributed by atoms with Crippen molar-refractivity contribution in [2.75, 3.05) is 19.5 Å². The van der Waals surface area contributed by atoms with Gasteiger partial charge in [-0.1, -0.05) is 72.0 Å². The Bertz CT molecular complexity index is 1160. The van der Waals surface area contributed by atoms with E-state index in [2.05, 4.69) is 5.32 Å². The number of carbonyl (C=O) groups excluding carboxylic acids is 1. The third kappa shape index (κ3) is 4.04. The van der Waals surface area contributed by atoms with Crippen molar-refractivity contribution < 1.29 is 14.3 Å². The maximum Gasteiger partial charge on any atom is 0.256 e. The number of nitrogens with zero attached hydrogens (tertiary/aromatic N) is 1. The quantitative estimate of drug-likeness (QED) is 0.435. The monoisotopic (exact) mass is 416 g/mol. The van der Waals surface area contributed by atoms with E-state index in [-0.39, 0.29) is 5.91 Å². The molecule has 0 saturated heterocycles. The molecule has 0 unspecified atom stereocenters. The summed E-state index contributed by atoms with van der Waals surface area (Å²) in [5.74, 6) is 0.835. The molecule has 0 atom stereocenters. The summed E-state index contributed by atoms with van der Waals surface area (Å²) in [6, 6.07) is 24.8. The SMILES string of the molecule is COc1ccc(C(=O)Nc2sc(-c3ccccc3)nc2-c2ccccc2)cc1OC. The van der Waals surface area contributed by atoms with E-state index in [0.717, 1.165) is 21.8 Å². The van der Waals surface area contributed by atoms with Crippen LogP contribution in [0.4, 0.5) is 5.00 Å². The van der Waals surface area contributed by atoms with Crippen molar-refractivity contribution in [3.8, 4) is 33.3 Å². The van der Waals surface area contributed by atoms with E-state index in [1.807, 2.05) is 60.7 Å². The third-order valence-electron chi connectivity index (χ3n) is 4.57. The average Bonchev–Trinajstić information content (AvgIpc) is 3.23. The molecule has 3 aromatic carbocycles. The number of rotatable bonds is 6. The van der Waals surface area contributed by atoms with E-state index >= 15 is 0 Å². The van der Waals surface area contributed by atoms with E-state index in [4.69, 9.17) is 14.5 Å². The number of hydrogen-bond donors (Lipinski definition) is 1. The van der Waals surface area contributed by atoms with Crippen LogP contribution in [0.5, 0.6) is 11.5 Å². The van der Waals surface area contributed by atoms with Crippen molar-refractivity contribution in [3.05, 3.63) is 84.4 Å². The lowest BCUT2D eigenvalue weighted by Gasteiger charge is -2.10. The van der Waals surface area contributed by atoms with Gasteiger partial charge in [0.1, 0.15) is 15.7 Å². The average molecular weight is 417 g/mol. The molecule has 30 heavy (non-hydrogen) atoms. The first kappa shape index (κ1) is 19.7. The first-order valence-electron chi connectivity index (χ1n) is 9.34. The summed E-state index contributed by atoms with van der Waals surface area (Å²) in [6.45, 7) is 0. The standard InChI is InChI=1S/C24H20N2O3S/c1-28-19-14-13-18(15-20(19)29-2)22(27)26-24-21(16-9-5-3-6-10-16)25-23(30-24)17-11-7-4-8-12-17/h3-15H,1-2H3,(H,26,27). The molecule has 0 aliphatic heterocycles. The van der Waals surface area contributed by atoms with Gasteiger partial charge < -0.3 is 14.8 Å². The van der Waals surface area contributed by atoms with Gasteiger partial charge in [-0.05, 0) is 18.2 Å². The summed E-state index contributed by atoms with van der Waals surface area (Å²) in [5.41, 5.74) is 3.17. The summed E-state index contributed by atoms with van der Waals surface area (Å²) in [4.78, 5) is 17.8. The molecule has 4 aromatic rings. The smallest absolute Gasteiger partial charge is 0.256 e. The lowest BCUT2D eigenvalue weighted by atomic mass is 10.1. The highest BCUT2D eigenvalue weighted by Crippen LogP contribution is 2.38. The molecule has 0 radical (unpaired) electrons. The lowest BCUT2D eigenvalue weighted by Crippen LogP contribution is -2.11. The molecule has 0 saturated carbocycles. The van der Waals surface area contributed by atoms with Gasteiger partial charge in [0.15, 0.2) is 11.5 Å². The number of nitrogens with one attached hydrogen (secondary N) is 1. The highest BCUT2D eigenvalue weighted by Gasteiger charge is 2.18. The van der Waals surface area contributed by atoms with Crippen LogP contribution in [0.15, 0.2) is 78.9 Å². The Hall–Kier alpha value is -3.64. The van der Waals surface area contributed by atoms with E-state index < -0.39 is 0 Å². The minimum atomic E-state index is -0.239. The Labute approximate surface area is 178 Å². The van der Waals surface area contributed by atoms with Gasteiger partial charge in [-0.3, -0.25) is 4.79 Å². The van der Waals surface area contributed by atoms with Crippen LogP contribution in [-0.2, 0) is 0 Å². The highest BCUT2D eigenvalue weighted by molar-refractivity contribution is 7.19. The number of benzene rings is 3. The van der Waals surface area contributed by atoms with Gasteiger partial charge in [0, 0.05) is 16.7 Å². The number of aromatic nitrogens is 1. The zero-order valence-corrected chi connectivity index (χ0v) is 17.4. The Morgan fingerprint density at radius 2 is 1.47 bits per heavy atom. The van der Waals surface area contributed by atoms with Crippen molar-refractivity contribution in [1.29, 1.82) is 0 Å². The third-order valence-corrected chi connectivity index (χ3v) is 5.59. The second kappa shape index (κ2) is 8.80. The second-order valence-corrected chi connectivity index (χ2v) is 7.45. The van der Waals surface area contributed by atoms with E-state index in [1.54, 1.807) is 32.4 Å². The molecule has 4 rings (SSSR count). The highest BCUT2D eigenvalue weighted by atomic mass is 32.1. The van der Waals surface area contributed by atoms with Gasteiger partial charge in [0.2, 0.25) is 0 Å². The number of anilines is 1. The van der Waals surface area contributed by atoms with Gasteiger partial charge in [-0.25, -0.2) is 4.98 Å². The topological polar surface area (TPSA) is 60.5 Å². The molecule has 6 heteroatoms. The molecule has 1 heterocycles. The first-order valence-corrected chi connectivity index (χ1v) is 10.2. The van der Waals surface area contributed by atoms with Gasteiger partial charge in [-0.2, -0.15) is 0 Å². The van der Waals surface area contributed by atoms with Crippen molar-refractivity contribution in [3.63, 3.8) is 0 Å². The van der Waals surface area contributed by atoms with Crippen LogP contribution in [0.3, 0.4) is 0 Å². The number of carbonyl (C=O) groups is 1. The van der Waals surface area contributed by atoms with Crippen LogP contribution in [0.25, 0.3) is 21.8 Å². The van der Waals surface area contributed by atoms with Crippen molar-refractivity contribution in [2.24, 2.45) is 0 Å². The fourth-order valence-corrected chi connectivity index (χ4v) is 4.04. The normalized spacial score (nSPS) is 10.5. The summed E-state index contributed by atoms with van der Waals surface area (Å²) >= 11 is 1.45. The van der Waals surface area contributed by atoms with Crippen molar-refractivity contribution in [2.45, 2.75) is 0 Å².